The van der Waals surface area contributed by atoms with Crippen LogP contribution in [0.4, 0.5) is 15.2 Å². The highest BCUT2D eigenvalue weighted by molar-refractivity contribution is 7.15. The third-order valence-corrected chi connectivity index (χ3v) is 3.63. The number of aryl methyl sites for hydroxylation is 2. The first kappa shape index (κ1) is 14.4. The predicted octanol–water partition coefficient (Wildman–Crippen LogP) is 2.60. The molecule has 106 valence electrons. The van der Waals surface area contributed by atoms with Crippen LogP contribution >= 0.6 is 11.3 Å². The largest absolute Gasteiger partial charge is 0.376 e. The Labute approximate surface area is 120 Å². The summed E-state index contributed by atoms with van der Waals surface area (Å²) < 4.78 is 12.9. The molecular formula is C13H15FN4OS. The van der Waals surface area contributed by atoms with Gasteiger partial charge in [-0.3, -0.25) is 10.1 Å². The molecule has 0 saturated carbocycles. The number of carbonyl (C=O) groups is 1. The van der Waals surface area contributed by atoms with Crippen molar-refractivity contribution in [3.63, 3.8) is 0 Å². The molecule has 0 fully saturated rings. The molecular weight excluding hydrogens is 279 g/mol. The van der Waals surface area contributed by atoms with Crippen LogP contribution in [0.15, 0.2) is 18.2 Å². The molecule has 1 aromatic heterocycles. The lowest BCUT2D eigenvalue weighted by molar-refractivity contribution is -0.114. The number of nitrogens with one attached hydrogen (secondary N) is 2. The van der Waals surface area contributed by atoms with Crippen molar-refractivity contribution in [2.24, 2.45) is 0 Å². The van der Waals surface area contributed by atoms with Crippen LogP contribution in [0.5, 0.6) is 0 Å². The monoisotopic (exact) mass is 294 g/mol. The molecule has 0 saturated heterocycles. The summed E-state index contributed by atoms with van der Waals surface area (Å²) >= 11 is 1.36. The minimum absolute atomic E-state index is 0.0908. The van der Waals surface area contributed by atoms with Gasteiger partial charge >= 0.3 is 0 Å². The molecule has 7 heteroatoms. The Morgan fingerprint density at radius 2 is 2.20 bits per heavy atom. The van der Waals surface area contributed by atoms with E-state index in [2.05, 4.69) is 20.8 Å². The van der Waals surface area contributed by atoms with Crippen molar-refractivity contribution in [3.8, 4) is 0 Å². The fourth-order valence-corrected chi connectivity index (χ4v) is 2.31. The highest BCUT2D eigenvalue weighted by Gasteiger charge is 2.08. The Morgan fingerprint density at radius 1 is 1.40 bits per heavy atom. The van der Waals surface area contributed by atoms with Crippen molar-refractivity contribution in [2.45, 2.75) is 20.3 Å². The summed E-state index contributed by atoms with van der Waals surface area (Å²) in [7, 11) is 0. The number of hydrogen-bond acceptors (Lipinski definition) is 5. The van der Waals surface area contributed by atoms with E-state index >= 15 is 0 Å². The van der Waals surface area contributed by atoms with E-state index in [9.17, 15) is 9.18 Å². The maximum Gasteiger partial charge on any atom is 0.245 e. The quantitative estimate of drug-likeness (QED) is 0.889. The lowest BCUT2D eigenvalue weighted by atomic mass is 10.2. The fourth-order valence-electron chi connectivity index (χ4n) is 1.61. The van der Waals surface area contributed by atoms with E-state index in [1.807, 2.05) is 6.92 Å². The van der Waals surface area contributed by atoms with Crippen molar-refractivity contribution in [3.05, 3.63) is 34.6 Å². The molecule has 20 heavy (non-hydrogen) atoms. The molecule has 5 nitrogen and oxygen atoms in total. The Kier molecular flexibility index (Phi) is 4.62. The predicted molar refractivity (Wildman–Crippen MR) is 77.5 cm³/mol. The second-order valence-electron chi connectivity index (χ2n) is 4.22. The molecule has 0 radical (unpaired) electrons. The molecule has 0 spiro atoms. The van der Waals surface area contributed by atoms with Crippen molar-refractivity contribution in [1.82, 2.24) is 10.2 Å². The van der Waals surface area contributed by atoms with Crippen LogP contribution in [0, 0.1) is 12.7 Å². The average Bonchev–Trinajstić information content (AvgIpc) is 2.85. The zero-order valence-corrected chi connectivity index (χ0v) is 12.1. The summed E-state index contributed by atoms with van der Waals surface area (Å²) in [6.45, 7) is 3.85. The Bertz CT molecular complexity index is 614. The van der Waals surface area contributed by atoms with Gasteiger partial charge in [0.15, 0.2) is 0 Å². The van der Waals surface area contributed by atoms with Crippen LogP contribution in [0.25, 0.3) is 0 Å². The van der Waals surface area contributed by atoms with E-state index in [1.165, 1.54) is 23.5 Å². The number of hydrogen-bond donors (Lipinski definition) is 2. The van der Waals surface area contributed by atoms with Gasteiger partial charge in [0.05, 0.1) is 6.54 Å². The van der Waals surface area contributed by atoms with Gasteiger partial charge in [-0.25, -0.2) is 4.39 Å². The number of nitrogens with zero attached hydrogens (tertiary/aromatic N) is 2. The molecule has 0 atom stereocenters. The third kappa shape index (κ3) is 3.74. The molecule has 0 aliphatic rings. The van der Waals surface area contributed by atoms with E-state index in [0.717, 1.165) is 22.7 Å². The Hall–Kier alpha value is -2.02. The lowest BCUT2D eigenvalue weighted by Gasteiger charge is -2.08. The number of aromatic nitrogens is 2. The summed E-state index contributed by atoms with van der Waals surface area (Å²) in [5, 5.41) is 14.8. The number of halogens is 1. The van der Waals surface area contributed by atoms with Crippen LogP contribution < -0.4 is 10.6 Å². The SMILES string of the molecule is CCc1nnc(NC(=O)CNc2ccc(F)cc2C)s1. The summed E-state index contributed by atoms with van der Waals surface area (Å²) in [5.74, 6) is -0.508. The van der Waals surface area contributed by atoms with E-state index < -0.39 is 0 Å². The summed E-state index contributed by atoms with van der Waals surface area (Å²) in [4.78, 5) is 11.8. The fraction of sp³-hybridized carbons (Fsp3) is 0.308. The van der Waals surface area contributed by atoms with Gasteiger partial charge in [0.1, 0.15) is 10.8 Å². The molecule has 2 N–H and O–H groups in total. The topological polar surface area (TPSA) is 66.9 Å². The van der Waals surface area contributed by atoms with Crippen molar-refractivity contribution in [2.75, 3.05) is 17.2 Å². The zero-order valence-electron chi connectivity index (χ0n) is 11.2. The maximum atomic E-state index is 12.9. The molecule has 0 aliphatic carbocycles. The van der Waals surface area contributed by atoms with E-state index in [1.54, 1.807) is 13.0 Å². The second-order valence-corrected chi connectivity index (χ2v) is 5.28. The summed E-state index contributed by atoms with van der Waals surface area (Å²) in [6, 6.07) is 4.38. The highest BCUT2D eigenvalue weighted by Crippen LogP contribution is 2.17. The summed E-state index contributed by atoms with van der Waals surface area (Å²) in [6.07, 6.45) is 0.792. The van der Waals surface area contributed by atoms with Gasteiger partial charge in [-0.1, -0.05) is 18.3 Å². The molecule has 0 aliphatic heterocycles. The maximum absolute atomic E-state index is 12.9. The minimum atomic E-state index is -0.293. The highest BCUT2D eigenvalue weighted by atomic mass is 32.1. The molecule has 1 amide bonds. The van der Waals surface area contributed by atoms with Crippen LogP contribution in [0.1, 0.15) is 17.5 Å². The Balaban J connectivity index is 1.88. The van der Waals surface area contributed by atoms with Crippen LogP contribution in [0.2, 0.25) is 0 Å². The molecule has 0 unspecified atom stereocenters. The lowest BCUT2D eigenvalue weighted by Crippen LogP contribution is -2.22. The Morgan fingerprint density at radius 3 is 2.85 bits per heavy atom. The molecule has 0 bridgehead atoms. The molecule has 2 rings (SSSR count). The van der Waals surface area contributed by atoms with Crippen LogP contribution in [-0.4, -0.2) is 22.6 Å². The van der Waals surface area contributed by atoms with E-state index in [0.29, 0.717) is 5.13 Å². The van der Waals surface area contributed by atoms with Crippen LogP contribution in [0.3, 0.4) is 0 Å². The van der Waals surface area contributed by atoms with Gasteiger partial charge in [-0.05, 0) is 37.1 Å². The van der Waals surface area contributed by atoms with E-state index in [4.69, 9.17) is 0 Å². The smallest absolute Gasteiger partial charge is 0.245 e. The van der Waals surface area contributed by atoms with Crippen molar-refractivity contribution >= 4 is 28.1 Å². The minimum Gasteiger partial charge on any atom is -0.376 e. The molecule has 2 aromatic rings. The van der Waals surface area contributed by atoms with Crippen LogP contribution in [-0.2, 0) is 11.2 Å². The van der Waals surface area contributed by atoms with E-state index in [-0.39, 0.29) is 18.3 Å². The van der Waals surface area contributed by atoms with Gasteiger partial charge < -0.3 is 5.32 Å². The van der Waals surface area contributed by atoms with Gasteiger partial charge in [0.2, 0.25) is 11.0 Å². The number of amides is 1. The number of carbonyl (C=O) groups excluding carboxylic acids is 1. The zero-order chi connectivity index (χ0) is 14.5. The van der Waals surface area contributed by atoms with Gasteiger partial charge in [0.25, 0.3) is 0 Å². The first-order chi connectivity index (χ1) is 9.58. The summed E-state index contributed by atoms with van der Waals surface area (Å²) in [5.41, 5.74) is 1.48. The molecule has 1 heterocycles. The first-order valence-electron chi connectivity index (χ1n) is 6.20. The second kappa shape index (κ2) is 6.42. The number of anilines is 2. The molecule has 1 aromatic carbocycles. The normalized spacial score (nSPS) is 10.3. The third-order valence-electron chi connectivity index (χ3n) is 2.64. The number of benzene rings is 1. The van der Waals surface area contributed by atoms with Gasteiger partial charge in [0, 0.05) is 5.69 Å². The van der Waals surface area contributed by atoms with Crippen molar-refractivity contribution < 1.29 is 9.18 Å². The van der Waals surface area contributed by atoms with Gasteiger partial charge in [-0.2, -0.15) is 0 Å². The number of rotatable bonds is 5. The standard InChI is InChI=1S/C13H15FN4OS/c1-3-12-17-18-13(20-12)16-11(19)7-15-10-5-4-9(14)6-8(10)2/h4-6,15H,3,7H2,1-2H3,(H,16,18,19). The van der Waals surface area contributed by atoms with Gasteiger partial charge in [-0.15, -0.1) is 10.2 Å². The van der Waals surface area contributed by atoms with Crippen molar-refractivity contribution in [1.29, 1.82) is 0 Å². The average molecular weight is 294 g/mol. The first-order valence-corrected chi connectivity index (χ1v) is 7.02.